The predicted molar refractivity (Wildman–Crippen MR) is 83.6 cm³/mol. The van der Waals surface area contributed by atoms with Crippen molar-refractivity contribution in [1.29, 1.82) is 0 Å². The number of thiophene rings is 1. The summed E-state index contributed by atoms with van der Waals surface area (Å²) in [6.45, 7) is 3.08. The van der Waals surface area contributed by atoms with Crippen LogP contribution in [0.1, 0.15) is 62.1 Å². The zero-order chi connectivity index (χ0) is 14.0. The molecule has 1 aliphatic heterocycles. The number of nitrogens with one attached hydrogen (secondary N) is 1. The number of nitrogens with two attached hydrogens (primary N) is 1. The maximum Gasteiger partial charge on any atom is 0.0686 e. The van der Waals surface area contributed by atoms with Crippen molar-refractivity contribution in [2.24, 2.45) is 11.8 Å². The molecule has 1 saturated heterocycles. The molecule has 0 radical (unpaired) electrons. The Kier molecular flexibility index (Phi) is 4.46. The summed E-state index contributed by atoms with van der Waals surface area (Å²) < 4.78 is 6.21. The van der Waals surface area contributed by atoms with Crippen molar-refractivity contribution in [1.82, 2.24) is 5.43 Å². The highest BCUT2D eigenvalue weighted by Crippen LogP contribution is 2.44. The van der Waals surface area contributed by atoms with Gasteiger partial charge in [-0.05, 0) is 60.4 Å². The fourth-order valence-corrected chi connectivity index (χ4v) is 4.95. The van der Waals surface area contributed by atoms with Crippen molar-refractivity contribution in [3.63, 3.8) is 0 Å². The predicted octanol–water partition coefficient (Wildman–Crippen LogP) is 3.69. The Balaban J connectivity index is 1.76. The lowest BCUT2D eigenvalue weighted by Crippen LogP contribution is -2.46. The molecule has 3 rings (SSSR count). The highest BCUT2D eigenvalue weighted by molar-refractivity contribution is 7.08. The van der Waals surface area contributed by atoms with E-state index in [9.17, 15) is 0 Å². The number of rotatable bonds is 3. The second-order valence-electron chi connectivity index (χ2n) is 6.50. The number of ether oxygens (including phenoxy) is 1. The average Bonchev–Trinajstić information content (AvgIpc) is 2.87. The van der Waals surface area contributed by atoms with Crippen LogP contribution in [-0.4, -0.2) is 12.2 Å². The van der Waals surface area contributed by atoms with Crippen LogP contribution in [0, 0.1) is 12.8 Å². The van der Waals surface area contributed by atoms with Gasteiger partial charge in [-0.25, -0.2) is 0 Å². The van der Waals surface area contributed by atoms with E-state index in [2.05, 4.69) is 23.1 Å². The van der Waals surface area contributed by atoms with Gasteiger partial charge < -0.3 is 4.74 Å². The third-order valence-electron chi connectivity index (χ3n) is 5.18. The summed E-state index contributed by atoms with van der Waals surface area (Å²) >= 11 is 1.77. The Hall–Kier alpha value is -0.420. The van der Waals surface area contributed by atoms with Crippen molar-refractivity contribution in [2.75, 3.05) is 6.61 Å². The molecule has 3 nitrogen and oxygen atoms in total. The van der Waals surface area contributed by atoms with Crippen molar-refractivity contribution >= 4 is 11.3 Å². The van der Waals surface area contributed by atoms with Gasteiger partial charge in [-0.15, -0.1) is 0 Å². The molecule has 1 spiro atoms. The minimum atomic E-state index is 0.153. The third kappa shape index (κ3) is 2.80. The first-order chi connectivity index (χ1) is 9.74. The SMILES string of the molecule is Cc1cscc1C(NN)C1CCOC2(CCCCC2)C1. The van der Waals surface area contributed by atoms with E-state index in [0.29, 0.717) is 5.92 Å². The summed E-state index contributed by atoms with van der Waals surface area (Å²) in [5.41, 5.74) is 5.99. The maximum absolute atomic E-state index is 6.21. The number of hydrogen-bond acceptors (Lipinski definition) is 4. The first-order valence-corrected chi connectivity index (χ1v) is 8.81. The van der Waals surface area contributed by atoms with Crippen LogP contribution in [0.25, 0.3) is 0 Å². The first kappa shape index (κ1) is 14.5. The molecule has 1 saturated carbocycles. The Labute approximate surface area is 125 Å². The van der Waals surface area contributed by atoms with Gasteiger partial charge in [-0.3, -0.25) is 11.3 Å². The van der Waals surface area contributed by atoms with Crippen molar-refractivity contribution in [3.8, 4) is 0 Å². The first-order valence-electron chi connectivity index (χ1n) is 7.87. The maximum atomic E-state index is 6.21. The van der Waals surface area contributed by atoms with Crippen LogP contribution in [-0.2, 0) is 4.74 Å². The lowest BCUT2D eigenvalue weighted by Gasteiger charge is -2.45. The van der Waals surface area contributed by atoms with E-state index in [4.69, 9.17) is 10.6 Å². The Morgan fingerprint density at radius 1 is 1.35 bits per heavy atom. The normalized spacial score (nSPS) is 27.6. The van der Waals surface area contributed by atoms with Gasteiger partial charge in [-0.2, -0.15) is 11.3 Å². The van der Waals surface area contributed by atoms with Crippen LogP contribution in [0.2, 0.25) is 0 Å². The molecule has 3 N–H and O–H groups in total. The summed E-state index contributed by atoms with van der Waals surface area (Å²) in [7, 11) is 0. The number of aryl methyl sites for hydroxylation is 1. The molecule has 2 aliphatic rings. The largest absolute Gasteiger partial charge is 0.375 e. The van der Waals surface area contributed by atoms with Gasteiger partial charge in [0.15, 0.2) is 0 Å². The van der Waals surface area contributed by atoms with E-state index >= 15 is 0 Å². The fraction of sp³-hybridized carbons (Fsp3) is 0.750. The summed E-state index contributed by atoms with van der Waals surface area (Å²) in [4.78, 5) is 0. The minimum Gasteiger partial charge on any atom is -0.375 e. The molecule has 112 valence electrons. The average molecular weight is 294 g/mol. The van der Waals surface area contributed by atoms with Crippen LogP contribution in [0.5, 0.6) is 0 Å². The molecule has 4 heteroatoms. The zero-order valence-corrected chi connectivity index (χ0v) is 13.2. The van der Waals surface area contributed by atoms with Crippen LogP contribution in [0.4, 0.5) is 0 Å². The number of hydrazine groups is 1. The van der Waals surface area contributed by atoms with E-state index in [1.807, 2.05) is 0 Å². The monoisotopic (exact) mass is 294 g/mol. The van der Waals surface area contributed by atoms with Crippen molar-refractivity contribution < 1.29 is 4.74 Å². The molecule has 1 aromatic rings. The third-order valence-corrected chi connectivity index (χ3v) is 6.06. The standard InChI is InChI=1S/C16H26N2OS/c1-12-10-20-11-14(12)15(18-17)13-5-8-19-16(9-13)6-3-2-4-7-16/h10-11,13,15,18H,2-9,17H2,1H3. The van der Waals surface area contributed by atoms with Gasteiger partial charge in [0.25, 0.3) is 0 Å². The van der Waals surface area contributed by atoms with Gasteiger partial charge >= 0.3 is 0 Å². The molecule has 1 aliphatic carbocycles. The van der Waals surface area contributed by atoms with E-state index in [1.165, 1.54) is 43.2 Å². The Bertz CT molecular complexity index is 434. The Morgan fingerprint density at radius 3 is 2.80 bits per heavy atom. The molecule has 20 heavy (non-hydrogen) atoms. The molecular formula is C16H26N2OS. The lowest BCUT2D eigenvalue weighted by atomic mass is 9.73. The summed E-state index contributed by atoms with van der Waals surface area (Å²) in [5.74, 6) is 6.49. The Morgan fingerprint density at radius 2 is 2.15 bits per heavy atom. The van der Waals surface area contributed by atoms with Gasteiger partial charge in [0.2, 0.25) is 0 Å². The lowest BCUT2D eigenvalue weighted by molar-refractivity contribution is -0.122. The highest BCUT2D eigenvalue weighted by Gasteiger charge is 2.41. The molecule has 0 bridgehead atoms. The summed E-state index contributed by atoms with van der Waals surface area (Å²) in [5, 5.41) is 4.47. The van der Waals surface area contributed by atoms with Crippen molar-refractivity contribution in [3.05, 3.63) is 21.9 Å². The second-order valence-corrected chi connectivity index (χ2v) is 7.24. The van der Waals surface area contributed by atoms with E-state index in [0.717, 1.165) is 19.4 Å². The minimum absolute atomic E-state index is 0.153. The van der Waals surface area contributed by atoms with Gasteiger partial charge in [-0.1, -0.05) is 19.3 Å². The van der Waals surface area contributed by atoms with E-state index < -0.39 is 0 Å². The van der Waals surface area contributed by atoms with Gasteiger partial charge in [0, 0.05) is 6.61 Å². The van der Waals surface area contributed by atoms with Crippen LogP contribution in [0.15, 0.2) is 10.8 Å². The highest BCUT2D eigenvalue weighted by atomic mass is 32.1. The summed E-state index contributed by atoms with van der Waals surface area (Å²) in [6, 6.07) is 0.281. The molecule has 0 amide bonds. The zero-order valence-electron chi connectivity index (χ0n) is 12.4. The summed E-state index contributed by atoms with van der Waals surface area (Å²) in [6.07, 6.45) is 8.78. The van der Waals surface area contributed by atoms with Gasteiger partial charge in [0.1, 0.15) is 0 Å². The van der Waals surface area contributed by atoms with Gasteiger partial charge in [0.05, 0.1) is 11.6 Å². The molecule has 2 fully saturated rings. The topological polar surface area (TPSA) is 47.3 Å². The van der Waals surface area contributed by atoms with E-state index in [-0.39, 0.29) is 11.6 Å². The molecule has 2 unspecified atom stereocenters. The molecular weight excluding hydrogens is 268 g/mol. The van der Waals surface area contributed by atoms with Crippen LogP contribution >= 0.6 is 11.3 Å². The van der Waals surface area contributed by atoms with E-state index in [1.54, 1.807) is 11.3 Å². The smallest absolute Gasteiger partial charge is 0.0686 e. The molecule has 2 atom stereocenters. The quantitative estimate of drug-likeness (QED) is 0.660. The number of hydrogen-bond donors (Lipinski definition) is 2. The molecule has 0 aromatic carbocycles. The second kappa shape index (κ2) is 6.14. The molecule has 2 heterocycles. The van der Waals surface area contributed by atoms with Crippen molar-refractivity contribution in [2.45, 2.75) is 63.5 Å². The molecule has 1 aromatic heterocycles. The fourth-order valence-electron chi connectivity index (χ4n) is 4.06. The van der Waals surface area contributed by atoms with Crippen LogP contribution < -0.4 is 11.3 Å². The van der Waals surface area contributed by atoms with Crippen LogP contribution in [0.3, 0.4) is 0 Å².